The number of amides is 1. The number of nitrogens with zero attached hydrogens (tertiary/aromatic N) is 3. The van der Waals surface area contributed by atoms with Gasteiger partial charge in [0, 0.05) is 26.1 Å². The predicted octanol–water partition coefficient (Wildman–Crippen LogP) is 0.862. The van der Waals surface area contributed by atoms with Crippen molar-refractivity contribution >= 4 is 5.91 Å². The first-order valence-corrected chi connectivity index (χ1v) is 5.69. The molecular formula is C12H25N3O. The van der Waals surface area contributed by atoms with Crippen LogP contribution in [0.4, 0.5) is 0 Å². The van der Waals surface area contributed by atoms with Gasteiger partial charge in [-0.3, -0.25) is 4.79 Å². The smallest absolute Gasteiger partial charge is 0.226 e. The fraction of sp³-hybridized carbons (Fsp3) is 0.750. The largest absolute Gasteiger partial charge is 0.320 e. The molecule has 1 amide bonds. The van der Waals surface area contributed by atoms with Gasteiger partial charge in [0.2, 0.25) is 5.91 Å². The molecule has 0 aromatic rings. The topological polar surface area (TPSA) is 26.8 Å². The molecule has 0 unspecified atom stereocenters. The van der Waals surface area contributed by atoms with E-state index in [0.29, 0.717) is 6.42 Å². The normalized spacial score (nSPS) is 15.4. The molecule has 0 spiro atoms. The van der Waals surface area contributed by atoms with E-state index >= 15 is 0 Å². The summed E-state index contributed by atoms with van der Waals surface area (Å²) in [5.74, 6) is 0.208. The zero-order chi connectivity index (χ0) is 12.6. The summed E-state index contributed by atoms with van der Waals surface area (Å²) in [5, 5.41) is 0. The van der Waals surface area contributed by atoms with E-state index in [1.54, 1.807) is 11.1 Å². The summed E-state index contributed by atoms with van der Waals surface area (Å²) in [4.78, 5) is 16.7. The van der Waals surface area contributed by atoms with E-state index in [0.717, 1.165) is 26.1 Å². The quantitative estimate of drug-likeness (QED) is 0.713. The Morgan fingerprint density at radius 2 is 1.75 bits per heavy atom. The maximum Gasteiger partial charge on any atom is 0.226 e. The van der Waals surface area contributed by atoms with Crippen LogP contribution < -0.4 is 0 Å². The molecule has 0 aliphatic carbocycles. The molecule has 1 aliphatic rings. The van der Waals surface area contributed by atoms with Gasteiger partial charge >= 0.3 is 0 Å². The Hall–Kier alpha value is -0.870. The minimum atomic E-state index is 0.208. The van der Waals surface area contributed by atoms with Crippen molar-refractivity contribution in [3.63, 3.8) is 0 Å². The van der Waals surface area contributed by atoms with E-state index in [9.17, 15) is 4.79 Å². The minimum absolute atomic E-state index is 0.208. The van der Waals surface area contributed by atoms with E-state index < -0.39 is 0 Å². The average molecular weight is 227 g/mol. The SMILES string of the molecule is C=CN1CCCC1=O.CN(C)CCN(C)C. The summed E-state index contributed by atoms with van der Waals surface area (Å²) >= 11 is 0. The van der Waals surface area contributed by atoms with Gasteiger partial charge in [-0.2, -0.15) is 0 Å². The van der Waals surface area contributed by atoms with Crippen LogP contribution >= 0.6 is 0 Å². The zero-order valence-corrected chi connectivity index (χ0v) is 11.1. The summed E-state index contributed by atoms with van der Waals surface area (Å²) in [6.07, 6.45) is 3.28. The number of hydrogen-bond acceptors (Lipinski definition) is 3. The molecule has 0 aromatic heterocycles. The van der Waals surface area contributed by atoms with Crippen molar-refractivity contribution in [1.82, 2.24) is 14.7 Å². The van der Waals surface area contributed by atoms with Gasteiger partial charge in [0.25, 0.3) is 0 Å². The van der Waals surface area contributed by atoms with Crippen LogP contribution in [0.3, 0.4) is 0 Å². The molecule has 1 heterocycles. The van der Waals surface area contributed by atoms with E-state index in [1.165, 1.54) is 0 Å². The minimum Gasteiger partial charge on any atom is -0.320 e. The number of rotatable bonds is 4. The summed E-state index contributed by atoms with van der Waals surface area (Å²) in [5.41, 5.74) is 0. The highest BCUT2D eigenvalue weighted by molar-refractivity contribution is 5.78. The Balaban J connectivity index is 0.000000281. The van der Waals surface area contributed by atoms with Gasteiger partial charge in [-0.1, -0.05) is 6.58 Å². The Kier molecular flexibility index (Phi) is 7.85. The van der Waals surface area contributed by atoms with Gasteiger partial charge in [0.05, 0.1) is 0 Å². The number of carbonyl (C=O) groups excluding carboxylic acids is 1. The molecule has 1 aliphatic heterocycles. The van der Waals surface area contributed by atoms with Crippen LogP contribution in [0.15, 0.2) is 12.8 Å². The molecule has 0 aromatic carbocycles. The highest BCUT2D eigenvalue weighted by atomic mass is 16.2. The standard InChI is InChI=1S/C6H16N2.C6H9NO/c1-7(2)5-6-8(3)4;1-2-7-5-3-4-6(7)8/h5-6H2,1-4H3;2H,1,3-5H2. The number of carbonyl (C=O) groups is 1. The molecule has 0 saturated carbocycles. The Morgan fingerprint density at radius 3 is 1.94 bits per heavy atom. The molecule has 4 nitrogen and oxygen atoms in total. The maximum atomic E-state index is 10.7. The molecule has 1 rings (SSSR count). The molecule has 16 heavy (non-hydrogen) atoms. The van der Waals surface area contributed by atoms with Crippen LogP contribution in [-0.2, 0) is 4.79 Å². The van der Waals surface area contributed by atoms with Crippen LogP contribution in [0.1, 0.15) is 12.8 Å². The monoisotopic (exact) mass is 227 g/mol. The first kappa shape index (κ1) is 15.1. The lowest BCUT2D eigenvalue weighted by Gasteiger charge is -2.13. The number of likely N-dealkylation sites (N-methyl/N-ethyl adjacent to an activating group) is 2. The van der Waals surface area contributed by atoms with E-state index in [2.05, 4.69) is 44.6 Å². The van der Waals surface area contributed by atoms with Crippen LogP contribution in [0.2, 0.25) is 0 Å². The maximum absolute atomic E-state index is 10.7. The van der Waals surface area contributed by atoms with Gasteiger partial charge in [-0.05, 0) is 40.8 Å². The van der Waals surface area contributed by atoms with Crippen molar-refractivity contribution in [2.24, 2.45) is 0 Å². The summed E-state index contributed by atoms with van der Waals surface area (Å²) in [7, 11) is 8.35. The molecule has 0 N–H and O–H groups in total. The zero-order valence-electron chi connectivity index (χ0n) is 11.1. The molecule has 0 bridgehead atoms. The molecular weight excluding hydrogens is 202 g/mol. The van der Waals surface area contributed by atoms with Crippen molar-refractivity contribution in [1.29, 1.82) is 0 Å². The number of hydrogen-bond donors (Lipinski definition) is 0. The summed E-state index contributed by atoms with van der Waals surface area (Å²) in [6.45, 7) is 6.65. The summed E-state index contributed by atoms with van der Waals surface area (Å²) in [6, 6.07) is 0. The fourth-order valence-electron chi connectivity index (χ4n) is 1.26. The molecule has 1 fully saturated rings. The highest BCUT2D eigenvalue weighted by Crippen LogP contribution is 2.08. The number of likely N-dealkylation sites (tertiary alicyclic amines) is 1. The molecule has 0 atom stereocenters. The van der Waals surface area contributed by atoms with Crippen molar-refractivity contribution < 1.29 is 4.79 Å². The van der Waals surface area contributed by atoms with Crippen molar-refractivity contribution in [3.05, 3.63) is 12.8 Å². The van der Waals surface area contributed by atoms with Crippen LogP contribution in [0.5, 0.6) is 0 Å². The molecule has 1 saturated heterocycles. The van der Waals surface area contributed by atoms with E-state index in [1.807, 2.05) is 0 Å². The average Bonchev–Trinajstić information content (AvgIpc) is 2.61. The lowest BCUT2D eigenvalue weighted by atomic mass is 10.4. The second kappa shape index (κ2) is 8.30. The fourth-order valence-corrected chi connectivity index (χ4v) is 1.26. The Labute approximate surface area is 99.5 Å². The van der Waals surface area contributed by atoms with Gasteiger partial charge in [-0.25, -0.2) is 0 Å². The van der Waals surface area contributed by atoms with E-state index in [4.69, 9.17) is 0 Å². The molecule has 0 radical (unpaired) electrons. The highest BCUT2D eigenvalue weighted by Gasteiger charge is 2.15. The first-order valence-electron chi connectivity index (χ1n) is 5.69. The third-order valence-electron chi connectivity index (χ3n) is 2.32. The molecule has 94 valence electrons. The second-order valence-corrected chi connectivity index (χ2v) is 4.48. The third-order valence-corrected chi connectivity index (χ3v) is 2.32. The van der Waals surface area contributed by atoms with E-state index in [-0.39, 0.29) is 5.91 Å². The first-order chi connectivity index (χ1) is 7.47. The van der Waals surface area contributed by atoms with Crippen LogP contribution in [0, 0.1) is 0 Å². The lowest BCUT2D eigenvalue weighted by Crippen LogP contribution is -2.25. The van der Waals surface area contributed by atoms with Gasteiger partial charge in [0.1, 0.15) is 0 Å². The van der Waals surface area contributed by atoms with Crippen molar-refractivity contribution in [2.75, 3.05) is 47.8 Å². The predicted molar refractivity (Wildman–Crippen MR) is 68.3 cm³/mol. The Bertz CT molecular complexity index is 206. The second-order valence-electron chi connectivity index (χ2n) is 4.48. The lowest BCUT2D eigenvalue weighted by molar-refractivity contribution is -0.125. The molecule has 4 heteroatoms. The van der Waals surface area contributed by atoms with Crippen LogP contribution in [0.25, 0.3) is 0 Å². The van der Waals surface area contributed by atoms with Gasteiger partial charge in [0.15, 0.2) is 0 Å². The van der Waals surface area contributed by atoms with Crippen molar-refractivity contribution in [2.45, 2.75) is 12.8 Å². The third kappa shape index (κ3) is 7.43. The Morgan fingerprint density at radius 1 is 1.25 bits per heavy atom. The van der Waals surface area contributed by atoms with Gasteiger partial charge in [-0.15, -0.1) is 0 Å². The van der Waals surface area contributed by atoms with Gasteiger partial charge < -0.3 is 14.7 Å². The van der Waals surface area contributed by atoms with Crippen LogP contribution in [-0.4, -0.2) is 68.4 Å². The van der Waals surface area contributed by atoms with Crippen molar-refractivity contribution in [3.8, 4) is 0 Å². The summed E-state index contributed by atoms with van der Waals surface area (Å²) < 4.78 is 0.